The lowest BCUT2D eigenvalue weighted by molar-refractivity contribution is -0.119. The van der Waals surface area contributed by atoms with Gasteiger partial charge in [0.2, 0.25) is 0 Å². The third-order valence-electron chi connectivity index (χ3n) is 2.47. The minimum atomic E-state index is -0.282. The van der Waals surface area contributed by atoms with Crippen LogP contribution in [0.25, 0.3) is 0 Å². The van der Waals surface area contributed by atoms with Gasteiger partial charge in [-0.25, -0.2) is 4.90 Å². The zero-order valence-electron chi connectivity index (χ0n) is 8.85. The van der Waals surface area contributed by atoms with Crippen molar-refractivity contribution in [2.24, 2.45) is 0 Å². The zero-order chi connectivity index (χ0) is 11.5. The first kappa shape index (κ1) is 10.6. The molecule has 2 rings (SSSR count). The van der Waals surface area contributed by atoms with Crippen LogP contribution < -0.4 is 4.90 Å². The Hall–Kier alpha value is -1.90. The average Bonchev–Trinajstić information content (AvgIpc) is 2.61. The molecular formula is C13H12NO2. The van der Waals surface area contributed by atoms with Crippen molar-refractivity contribution in [3.8, 4) is 0 Å². The van der Waals surface area contributed by atoms with Crippen molar-refractivity contribution in [2.75, 3.05) is 4.90 Å². The molecule has 3 heteroatoms. The third-order valence-corrected chi connectivity index (χ3v) is 2.47. The molecule has 1 aliphatic heterocycles. The van der Waals surface area contributed by atoms with E-state index in [2.05, 4.69) is 6.92 Å². The molecule has 0 fully saturated rings. The van der Waals surface area contributed by atoms with Crippen LogP contribution in [0.4, 0.5) is 5.69 Å². The highest BCUT2D eigenvalue weighted by Crippen LogP contribution is 2.19. The first-order valence-corrected chi connectivity index (χ1v) is 5.16. The quantitative estimate of drug-likeness (QED) is 0.720. The second kappa shape index (κ2) is 4.31. The van der Waals surface area contributed by atoms with Crippen LogP contribution in [0.15, 0.2) is 36.4 Å². The van der Waals surface area contributed by atoms with Gasteiger partial charge >= 0.3 is 0 Å². The van der Waals surface area contributed by atoms with Crippen LogP contribution in [0, 0.1) is 6.92 Å². The standard InChI is InChI=1S/C13H12NO2/c1-2-3-10-4-6-11(7-5-10)14-12(15)8-9-13(14)16/h4-9H,1-3H2. The number of benzene rings is 1. The van der Waals surface area contributed by atoms with Crippen molar-refractivity contribution in [3.05, 3.63) is 48.9 Å². The minimum absolute atomic E-state index is 0.282. The molecule has 0 aromatic heterocycles. The maximum atomic E-state index is 11.4. The van der Waals surface area contributed by atoms with Gasteiger partial charge in [-0.15, -0.1) is 0 Å². The number of carbonyl (C=O) groups excluding carboxylic acids is 2. The zero-order valence-corrected chi connectivity index (χ0v) is 8.85. The Kier molecular flexibility index (Phi) is 2.86. The summed E-state index contributed by atoms with van der Waals surface area (Å²) >= 11 is 0. The van der Waals surface area contributed by atoms with Crippen molar-refractivity contribution < 1.29 is 9.59 Å². The van der Waals surface area contributed by atoms with Crippen molar-refractivity contribution in [1.82, 2.24) is 0 Å². The number of anilines is 1. The molecule has 0 saturated carbocycles. The maximum absolute atomic E-state index is 11.4. The summed E-state index contributed by atoms with van der Waals surface area (Å²) in [6.07, 6.45) is 4.31. The number of hydrogen-bond acceptors (Lipinski definition) is 2. The van der Waals surface area contributed by atoms with Gasteiger partial charge in [0, 0.05) is 12.2 Å². The fourth-order valence-electron chi connectivity index (χ4n) is 1.67. The van der Waals surface area contributed by atoms with E-state index in [1.165, 1.54) is 12.2 Å². The Labute approximate surface area is 94.4 Å². The fraction of sp³-hybridized carbons (Fsp3) is 0.154. The van der Waals surface area contributed by atoms with Gasteiger partial charge in [-0.05, 0) is 30.5 Å². The molecule has 0 saturated heterocycles. The number of nitrogens with zero attached hydrogens (tertiary/aromatic N) is 1. The summed E-state index contributed by atoms with van der Waals surface area (Å²) in [6.45, 7) is 3.78. The minimum Gasteiger partial charge on any atom is -0.269 e. The summed E-state index contributed by atoms with van der Waals surface area (Å²) in [6, 6.07) is 7.40. The molecule has 0 unspecified atom stereocenters. The van der Waals surface area contributed by atoms with Crippen LogP contribution in [-0.2, 0) is 16.0 Å². The first-order valence-electron chi connectivity index (χ1n) is 5.16. The SMILES string of the molecule is [CH2]CCc1ccc(N2C(=O)C=CC2=O)cc1. The highest BCUT2D eigenvalue weighted by Gasteiger charge is 2.24. The summed E-state index contributed by atoms with van der Waals surface area (Å²) in [4.78, 5) is 24.0. The van der Waals surface area contributed by atoms with Crippen LogP contribution >= 0.6 is 0 Å². The predicted molar refractivity (Wildman–Crippen MR) is 61.8 cm³/mol. The fourth-order valence-corrected chi connectivity index (χ4v) is 1.67. The Morgan fingerprint density at radius 1 is 1.00 bits per heavy atom. The summed E-state index contributed by atoms with van der Waals surface area (Å²) < 4.78 is 0. The first-order chi connectivity index (χ1) is 7.72. The molecule has 0 bridgehead atoms. The van der Waals surface area contributed by atoms with Gasteiger partial charge in [-0.2, -0.15) is 0 Å². The molecule has 2 amide bonds. The van der Waals surface area contributed by atoms with Crippen molar-refractivity contribution >= 4 is 17.5 Å². The van der Waals surface area contributed by atoms with Crippen molar-refractivity contribution in [1.29, 1.82) is 0 Å². The van der Waals surface area contributed by atoms with E-state index >= 15 is 0 Å². The smallest absolute Gasteiger partial charge is 0.258 e. The van der Waals surface area contributed by atoms with E-state index in [0.717, 1.165) is 23.3 Å². The molecule has 16 heavy (non-hydrogen) atoms. The van der Waals surface area contributed by atoms with Gasteiger partial charge in [0.1, 0.15) is 0 Å². The summed E-state index contributed by atoms with van der Waals surface area (Å²) in [5.41, 5.74) is 1.78. The number of carbonyl (C=O) groups is 2. The maximum Gasteiger partial charge on any atom is 0.258 e. The molecule has 1 radical (unpaired) electrons. The molecule has 81 valence electrons. The Morgan fingerprint density at radius 3 is 2.06 bits per heavy atom. The summed E-state index contributed by atoms with van der Waals surface area (Å²) in [7, 11) is 0. The van der Waals surface area contributed by atoms with Gasteiger partial charge < -0.3 is 0 Å². The normalized spacial score (nSPS) is 14.9. The summed E-state index contributed by atoms with van der Waals surface area (Å²) in [5, 5.41) is 0. The van der Waals surface area contributed by atoms with E-state index in [9.17, 15) is 9.59 Å². The molecule has 0 N–H and O–H groups in total. The number of imide groups is 1. The van der Waals surface area contributed by atoms with Crippen LogP contribution in [0.2, 0.25) is 0 Å². The van der Waals surface area contributed by atoms with Crippen LogP contribution in [0.3, 0.4) is 0 Å². The van der Waals surface area contributed by atoms with Crippen molar-refractivity contribution in [3.63, 3.8) is 0 Å². The monoisotopic (exact) mass is 214 g/mol. The average molecular weight is 214 g/mol. The van der Waals surface area contributed by atoms with E-state index in [4.69, 9.17) is 0 Å². The number of amides is 2. The molecular weight excluding hydrogens is 202 g/mol. The Bertz CT molecular complexity index is 428. The van der Waals surface area contributed by atoms with E-state index in [0.29, 0.717) is 5.69 Å². The largest absolute Gasteiger partial charge is 0.269 e. The Balaban J connectivity index is 2.22. The van der Waals surface area contributed by atoms with E-state index in [1.54, 1.807) is 12.1 Å². The van der Waals surface area contributed by atoms with E-state index in [-0.39, 0.29) is 11.8 Å². The van der Waals surface area contributed by atoms with E-state index in [1.807, 2.05) is 12.1 Å². The lowest BCUT2D eigenvalue weighted by atomic mass is 10.1. The van der Waals surface area contributed by atoms with Gasteiger partial charge in [0.05, 0.1) is 5.69 Å². The second-order valence-corrected chi connectivity index (χ2v) is 3.62. The molecule has 3 nitrogen and oxygen atoms in total. The number of aryl methyl sites for hydroxylation is 1. The topological polar surface area (TPSA) is 37.4 Å². The van der Waals surface area contributed by atoms with Crippen LogP contribution in [0.1, 0.15) is 12.0 Å². The highest BCUT2D eigenvalue weighted by atomic mass is 16.2. The number of rotatable bonds is 3. The lowest BCUT2D eigenvalue weighted by Crippen LogP contribution is -2.29. The Morgan fingerprint density at radius 2 is 1.56 bits per heavy atom. The number of hydrogen-bond donors (Lipinski definition) is 0. The summed E-state index contributed by atoms with van der Waals surface area (Å²) in [5.74, 6) is -0.565. The van der Waals surface area contributed by atoms with Crippen molar-refractivity contribution in [2.45, 2.75) is 12.8 Å². The van der Waals surface area contributed by atoms with Gasteiger partial charge in [-0.3, -0.25) is 9.59 Å². The molecule has 1 heterocycles. The molecule has 1 aromatic carbocycles. The van der Waals surface area contributed by atoms with Gasteiger partial charge in [-0.1, -0.05) is 19.1 Å². The third kappa shape index (κ3) is 1.89. The van der Waals surface area contributed by atoms with Gasteiger partial charge in [0.25, 0.3) is 11.8 Å². The lowest BCUT2D eigenvalue weighted by Gasteiger charge is -2.13. The molecule has 1 aliphatic rings. The van der Waals surface area contributed by atoms with Gasteiger partial charge in [0.15, 0.2) is 0 Å². The predicted octanol–water partition coefficient (Wildman–Crippen LogP) is 1.88. The molecule has 0 spiro atoms. The van der Waals surface area contributed by atoms with E-state index < -0.39 is 0 Å². The molecule has 0 aliphatic carbocycles. The molecule has 0 atom stereocenters. The molecule has 1 aromatic rings. The second-order valence-electron chi connectivity index (χ2n) is 3.62. The van der Waals surface area contributed by atoms with Crippen LogP contribution in [-0.4, -0.2) is 11.8 Å². The highest BCUT2D eigenvalue weighted by molar-refractivity contribution is 6.28. The van der Waals surface area contributed by atoms with Crippen LogP contribution in [0.5, 0.6) is 0 Å².